The lowest BCUT2D eigenvalue weighted by Gasteiger charge is -2.25. The minimum absolute atomic E-state index is 0.0174. The molecule has 180 valence electrons. The van der Waals surface area contributed by atoms with E-state index in [-0.39, 0.29) is 11.1 Å². The van der Waals surface area contributed by atoms with E-state index in [0.717, 1.165) is 44.1 Å². The van der Waals surface area contributed by atoms with Gasteiger partial charge < -0.3 is 0 Å². The third kappa shape index (κ3) is 5.65. The van der Waals surface area contributed by atoms with Gasteiger partial charge in [0.25, 0.3) is 0 Å². The summed E-state index contributed by atoms with van der Waals surface area (Å²) >= 11 is 0. The van der Waals surface area contributed by atoms with E-state index in [1.807, 2.05) is 12.1 Å². The van der Waals surface area contributed by atoms with Crippen LogP contribution in [-0.2, 0) is 12.6 Å². The van der Waals surface area contributed by atoms with Crippen LogP contribution in [0.4, 0.5) is 26.3 Å². The van der Waals surface area contributed by atoms with Gasteiger partial charge in [-0.05, 0) is 73.6 Å². The molecule has 1 saturated carbocycles. The van der Waals surface area contributed by atoms with Gasteiger partial charge in [-0.1, -0.05) is 36.1 Å². The molecular formula is C29H22F6. The molecule has 3 aromatic carbocycles. The first-order valence-electron chi connectivity index (χ1n) is 11.4. The molecule has 6 heteroatoms. The molecule has 0 atom stereocenters. The highest BCUT2D eigenvalue weighted by Crippen LogP contribution is 2.34. The lowest BCUT2D eigenvalue weighted by Crippen LogP contribution is -2.13. The van der Waals surface area contributed by atoms with Crippen molar-refractivity contribution in [3.05, 3.63) is 82.2 Å². The van der Waals surface area contributed by atoms with E-state index in [4.69, 9.17) is 6.42 Å². The maximum absolute atomic E-state index is 15.0. The molecule has 0 aromatic heterocycles. The molecule has 4 rings (SSSR count). The van der Waals surface area contributed by atoms with Crippen LogP contribution in [-0.4, -0.2) is 0 Å². The Balaban J connectivity index is 1.50. The molecule has 0 spiro atoms. The number of rotatable bonds is 3. The summed E-state index contributed by atoms with van der Waals surface area (Å²) in [7, 11) is 0. The summed E-state index contributed by atoms with van der Waals surface area (Å²) < 4.78 is 80.7. The van der Waals surface area contributed by atoms with Crippen molar-refractivity contribution in [3.63, 3.8) is 0 Å². The van der Waals surface area contributed by atoms with Crippen molar-refractivity contribution in [1.82, 2.24) is 0 Å². The molecule has 0 bridgehead atoms. The van der Waals surface area contributed by atoms with Crippen LogP contribution in [0.3, 0.4) is 0 Å². The highest BCUT2D eigenvalue weighted by molar-refractivity contribution is 5.85. The molecule has 0 heterocycles. The minimum Gasteiger partial charge on any atom is -0.206 e. The summed E-state index contributed by atoms with van der Waals surface area (Å²) in [6.07, 6.45) is 6.69. The topological polar surface area (TPSA) is 0 Å². The molecule has 0 unspecified atom stereocenters. The van der Waals surface area contributed by atoms with Crippen LogP contribution in [0.5, 0.6) is 0 Å². The largest absolute Gasteiger partial charge is 0.422 e. The van der Waals surface area contributed by atoms with Crippen LogP contribution in [0.2, 0.25) is 0 Å². The van der Waals surface area contributed by atoms with E-state index >= 15 is 4.39 Å². The fraction of sp³-hybridized carbons (Fsp3) is 0.310. The highest BCUT2D eigenvalue weighted by atomic mass is 19.4. The van der Waals surface area contributed by atoms with Crippen LogP contribution >= 0.6 is 0 Å². The SMILES string of the molecule is C#CC1CCC(CCc2ccc3c(F)c(C#Cc4cc(F)c(C(F)(F)F)c(F)c4)ccc3c2)CC1. The van der Waals surface area contributed by atoms with Crippen molar-refractivity contribution >= 4 is 10.8 Å². The van der Waals surface area contributed by atoms with Gasteiger partial charge in [0.05, 0.1) is 5.56 Å². The molecule has 0 nitrogen and oxygen atoms in total. The lowest BCUT2D eigenvalue weighted by atomic mass is 9.80. The Morgan fingerprint density at radius 3 is 2.17 bits per heavy atom. The zero-order valence-corrected chi connectivity index (χ0v) is 18.8. The van der Waals surface area contributed by atoms with Crippen molar-refractivity contribution in [2.45, 2.75) is 44.7 Å². The van der Waals surface area contributed by atoms with Gasteiger partial charge in [0.15, 0.2) is 0 Å². The number of terminal acetylenes is 1. The van der Waals surface area contributed by atoms with Gasteiger partial charge >= 0.3 is 6.18 Å². The second-order valence-corrected chi connectivity index (χ2v) is 8.97. The van der Waals surface area contributed by atoms with Crippen molar-refractivity contribution < 1.29 is 26.3 Å². The predicted molar refractivity (Wildman–Crippen MR) is 124 cm³/mol. The van der Waals surface area contributed by atoms with Crippen LogP contribution in [0.1, 0.15) is 54.4 Å². The Morgan fingerprint density at radius 1 is 0.857 bits per heavy atom. The number of halogens is 6. The third-order valence-electron chi connectivity index (χ3n) is 6.61. The van der Waals surface area contributed by atoms with Gasteiger partial charge in [0.2, 0.25) is 0 Å². The van der Waals surface area contributed by atoms with Crippen molar-refractivity contribution in [2.75, 3.05) is 0 Å². The van der Waals surface area contributed by atoms with Gasteiger partial charge in [0.1, 0.15) is 23.0 Å². The Bertz CT molecular complexity index is 1320. The number of alkyl halides is 3. The maximum atomic E-state index is 15.0. The standard InChI is InChI=1S/C29H22F6/c1-2-18-3-5-19(6-4-18)7-8-20-10-14-24-23(15-20)13-12-22(28(24)32)11-9-21-16-25(30)27(26(31)17-21)29(33,34)35/h1,10,12-19H,3-8H2. The van der Waals surface area contributed by atoms with Gasteiger partial charge in [-0.3, -0.25) is 0 Å². The molecule has 0 radical (unpaired) electrons. The zero-order valence-electron chi connectivity index (χ0n) is 18.8. The van der Waals surface area contributed by atoms with E-state index in [1.165, 1.54) is 6.07 Å². The molecule has 35 heavy (non-hydrogen) atoms. The quantitative estimate of drug-likeness (QED) is 0.261. The lowest BCUT2D eigenvalue weighted by molar-refractivity contribution is -0.142. The van der Waals surface area contributed by atoms with Crippen LogP contribution in [0.15, 0.2) is 42.5 Å². The van der Waals surface area contributed by atoms with E-state index in [2.05, 4.69) is 17.8 Å². The van der Waals surface area contributed by atoms with Crippen molar-refractivity contribution in [3.8, 4) is 24.2 Å². The molecule has 1 aliphatic carbocycles. The van der Waals surface area contributed by atoms with Crippen molar-refractivity contribution in [2.24, 2.45) is 11.8 Å². The highest BCUT2D eigenvalue weighted by Gasteiger charge is 2.37. The second kappa shape index (κ2) is 10.1. The summed E-state index contributed by atoms with van der Waals surface area (Å²) in [5.41, 5.74) is -1.21. The van der Waals surface area contributed by atoms with Crippen molar-refractivity contribution in [1.29, 1.82) is 0 Å². The van der Waals surface area contributed by atoms with Gasteiger partial charge in [0, 0.05) is 16.9 Å². The molecule has 0 aliphatic heterocycles. The molecule has 3 aromatic rings. The van der Waals surface area contributed by atoms with E-state index in [1.54, 1.807) is 12.1 Å². The fourth-order valence-corrected chi connectivity index (χ4v) is 4.64. The monoisotopic (exact) mass is 484 g/mol. The Kier molecular flexibility index (Phi) is 7.13. The molecular weight excluding hydrogens is 462 g/mol. The normalized spacial score (nSPS) is 18.1. The van der Waals surface area contributed by atoms with Crippen LogP contribution in [0.25, 0.3) is 10.8 Å². The summed E-state index contributed by atoms with van der Waals surface area (Å²) in [4.78, 5) is 0. The summed E-state index contributed by atoms with van der Waals surface area (Å²) in [6.45, 7) is 0. The molecule has 0 N–H and O–H groups in total. The first-order valence-corrected chi connectivity index (χ1v) is 11.4. The molecule has 1 fully saturated rings. The zero-order chi connectivity index (χ0) is 25.2. The number of aryl methyl sites for hydroxylation is 1. The second-order valence-electron chi connectivity index (χ2n) is 8.97. The number of benzene rings is 3. The molecule has 0 amide bonds. The third-order valence-corrected chi connectivity index (χ3v) is 6.61. The summed E-state index contributed by atoms with van der Waals surface area (Å²) in [6, 6.07) is 9.62. The Labute approximate surface area is 200 Å². The average Bonchev–Trinajstić information content (AvgIpc) is 2.81. The van der Waals surface area contributed by atoms with Gasteiger partial charge in [-0.15, -0.1) is 12.3 Å². The number of fused-ring (bicyclic) bond motifs is 1. The van der Waals surface area contributed by atoms with E-state index < -0.39 is 29.2 Å². The number of hydrogen-bond donors (Lipinski definition) is 0. The fourth-order valence-electron chi connectivity index (χ4n) is 4.64. The van der Waals surface area contributed by atoms with E-state index in [9.17, 15) is 22.0 Å². The Morgan fingerprint density at radius 2 is 1.54 bits per heavy atom. The predicted octanol–water partition coefficient (Wildman–Crippen LogP) is 8.05. The van der Waals surface area contributed by atoms with Crippen LogP contribution < -0.4 is 0 Å². The number of hydrogen-bond acceptors (Lipinski definition) is 0. The first-order chi connectivity index (χ1) is 16.7. The maximum Gasteiger partial charge on any atom is 0.422 e. The summed E-state index contributed by atoms with van der Waals surface area (Å²) in [5.74, 6) is 4.57. The van der Waals surface area contributed by atoms with Crippen LogP contribution in [0, 0.1) is 53.5 Å². The first kappa shape index (κ1) is 24.7. The average molecular weight is 484 g/mol. The summed E-state index contributed by atoms with van der Waals surface area (Å²) in [5, 5.41) is 1.05. The molecule has 0 saturated heterocycles. The Hall–Kier alpha value is -3.38. The van der Waals surface area contributed by atoms with Gasteiger partial charge in [-0.25, -0.2) is 13.2 Å². The van der Waals surface area contributed by atoms with E-state index in [0.29, 0.717) is 34.7 Å². The molecule has 1 aliphatic rings. The van der Waals surface area contributed by atoms with Gasteiger partial charge in [-0.2, -0.15) is 13.2 Å². The smallest absolute Gasteiger partial charge is 0.206 e. The minimum atomic E-state index is -5.16.